The third-order valence-electron chi connectivity index (χ3n) is 2.72. The van der Waals surface area contributed by atoms with Crippen molar-refractivity contribution in [1.29, 1.82) is 0 Å². The molecule has 0 fully saturated rings. The van der Waals surface area contributed by atoms with Crippen LogP contribution in [0.15, 0.2) is 48.5 Å². The van der Waals surface area contributed by atoms with Gasteiger partial charge in [-0.25, -0.2) is 0 Å². The summed E-state index contributed by atoms with van der Waals surface area (Å²) in [5.41, 5.74) is 1.36. The highest BCUT2D eigenvalue weighted by Crippen LogP contribution is 2.22. The lowest BCUT2D eigenvalue weighted by Gasteiger charge is -2.11. The summed E-state index contributed by atoms with van der Waals surface area (Å²) in [6.45, 7) is 2.64. The fourth-order valence-corrected chi connectivity index (χ4v) is 2.27. The molecule has 1 amide bonds. The van der Waals surface area contributed by atoms with Crippen molar-refractivity contribution in [2.75, 3.05) is 11.9 Å². The monoisotopic (exact) mass is 381 g/mol. The number of benzene rings is 2. The molecule has 0 heterocycles. The van der Waals surface area contributed by atoms with Crippen molar-refractivity contribution in [3.63, 3.8) is 0 Å². The number of nitrogens with one attached hydrogen (secondary N) is 1. The number of carbonyl (C=O) groups is 1. The van der Waals surface area contributed by atoms with Crippen molar-refractivity contribution in [1.82, 2.24) is 0 Å². The van der Waals surface area contributed by atoms with E-state index in [1.807, 2.05) is 49.4 Å². The molecule has 0 aliphatic carbocycles. The molecule has 3 nitrogen and oxygen atoms in total. The number of carbonyl (C=O) groups excluding carboxylic acids is 1. The third kappa shape index (κ3) is 3.72. The molecule has 0 aromatic heterocycles. The Morgan fingerprint density at radius 1 is 1.15 bits per heavy atom. The zero-order valence-corrected chi connectivity index (χ0v) is 13.4. The Morgan fingerprint density at radius 3 is 2.60 bits per heavy atom. The minimum Gasteiger partial charge on any atom is -0.493 e. The van der Waals surface area contributed by atoms with Crippen LogP contribution in [0.25, 0.3) is 0 Å². The van der Waals surface area contributed by atoms with E-state index in [2.05, 4.69) is 27.9 Å². The number of hydrogen-bond donors (Lipinski definition) is 1. The van der Waals surface area contributed by atoms with E-state index >= 15 is 0 Å². The second kappa shape index (κ2) is 7.28. The minimum absolute atomic E-state index is 0.152. The second-order valence-electron chi connectivity index (χ2n) is 4.28. The molecule has 0 aliphatic rings. The summed E-state index contributed by atoms with van der Waals surface area (Å²) in [5.74, 6) is 0.471. The molecular weight excluding hydrogens is 365 g/mol. The normalized spacial score (nSPS) is 10.1. The zero-order valence-electron chi connectivity index (χ0n) is 11.2. The number of para-hydroxylation sites is 2. The molecule has 20 heavy (non-hydrogen) atoms. The van der Waals surface area contributed by atoms with E-state index in [1.54, 1.807) is 6.07 Å². The summed E-state index contributed by atoms with van der Waals surface area (Å²) in [6.07, 6.45) is 0.909. The van der Waals surface area contributed by atoms with E-state index in [0.29, 0.717) is 17.9 Å². The van der Waals surface area contributed by atoms with Gasteiger partial charge in [0.25, 0.3) is 5.91 Å². The maximum atomic E-state index is 12.4. The van der Waals surface area contributed by atoms with Crippen LogP contribution < -0.4 is 10.1 Å². The fraction of sp³-hybridized carbons (Fsp3) is 0.188. The Hall–Kier alpha value is -1.56. The van der Waals surface area contributed by atoms with Crippen LogP contribution in [-0.2, 0) is 0 Å². The van der Waals surface area contributed by atoms with Crippen LogP contribution in [0.4, 0.5) is 5.69 Å². The molecule has 0 unspecified atom stereocenters. The largest absolute Gasteiger partial charge is 0.493 e. The van der Waals surface area contributed by atoms with E-state index < -0.39 is 0 Å². The van der Waals surface area contributed by atoms with Gasteiger partial charge in [0.05, 0.1) is 17.9 Å². The van der Waals surface area contributed by atoms with E-state index in [0.717, 1.165) is 15.7 Å². The molecule has 1 N–H and O–H groups in total. The molecule has 4 heteroatoms. The summed E-state index contributed by atoms with van der Waals surface area (Å²) in [5, 5.41) is 2.92. The van der Waals surface area contributed by atoms with E-state index in [-0.39, 0.29) is 5.91 Å². The van der Waals surface area contributed by atoms with Gasteiger partial charge in [0.15, 0.2) is 0 Å². The van der Waals surface area contributed by atoms with Gasteiger partial charge in [0.1, 0.15) is 5.75 Å². The topological polar surface area (TPSA) is 38.3 Å². The quantitative estimate of drug-likeness (QED) is 0.783. The number of amides is 1. The number of halogens is 1. The Balaban J connectivity index is 2.19. The molecule has 0 radical (unpaired) electrons. The highest BCUT2D eigenvalue weighted by molar-refractivity contribution is 14.1. The van der Waals surface area contributed by atoms with Crippen LogP contribution >= 0.6 is 22.6 Å². The first kappa shape index (κ1) is 14.8. The molecule has 0 atom stereocenters. The SMILES string of the molecule is CCCOc1ccccc1C(=O)Nc1ccccc1I. The summed E-state index contributed by atoms with van der Waals surface area (Å²) in [6, 6.07) is 15.0. The average molecular weight is 381 g/mol. The maximum Gasteiger partial charge on any atom is 0.259 e. The standard InChI is InChI=1S/C16H16INO2/c1-2-11-20-15-10-6-3-7-12(15)16(19)18-14-9-5-4-8-13(14)17/h3-10H,2,11H2,1H3,(H,18,19). The van der Waals surface area contributed by atoms with Gasteiger partial charge in [-0.1, -0.05) is 31.2 Å². The molecule has 0 saturated carbocycles. The van der Waals surface area contributed by atoms with Gasteiger partial charge in [0.2, 0.25) is 0 Å². The second-order valence-corrected chi connectivity index (χ2v) is 5.44. The molecule has 2 rings (SSSR count). The van der Waals surface area contributed by atoms with Gasteiger partial charge >= 0.3 is 0 Å². The summed E-state index contributed by atoms with van der Waals surface area (Å²) >= 11 is 2.20. The molecule has 0 saturated heterocycles. The molecule has 0 spiro atoms. The van der Waals surface area contributed by atoms with Gasteiger partial charge in [-0.15, -0.1) is 0 Å². The lowest BCUT2D eigenvalue weighted by atomic mass is 10.2. The zero-order chi connectivity index (χ0) is 14.4. The predicted molar refractivity (Wildman–Crippen MR) is 89.3 cm³/mol. The fourth-order valence-electron chi connectivity index (χ4n) is 1.74. The highest BCUT2D eigenvalue weighted by atomic mass is 127. The molecular formula is C16H16INO2. The van der Waals surface area contributed by atoms with Gasteiger partial charge < -0.3 is 10.1 Å². The van der Waals surface area contributed by atoms with Crippen LogP contribution in [0, 0.1) is 3.57 Å². The Bertz CT molecular complexity index is 599. The number of rotatable bonds is 5. The van der Waals surface area contributed by atoms with Crippen LogP contribution in [0.3, 0.4) is 0 Å². The first-order valence-corrected chi connectivity index (χ1v) is 7.58. The van der Waals surface area contributed by atoms with Gasteiger partial charge in [-0.05, 0) is 53.3 Å². The first-order valence-electron chi connectivity index (χ1n) is 6.50. The van der Waals surface area contributed by atoms with Gasteiger partial charge in [0, 0.05) is 3.57 Å². The van der Waals surface area contributed by atoms with E-state index in [9.17, 15) is 4.79 Å². The van der Waals surface area contributed by atoms with Crippen LogP contribution in [0.1, 0.15) is 23.7 Å². The van der Waals surface area contributed by atoms with Crippen molar-refractivity contribution in [2.45, 2.75) is 13.3 Å². The highest BCUT2D eigenvalue weighted by Gasteiger charge is 2.13. The Kier molecular flexibility index (Phi) is 5.40. The summed E-state index contributed by atoms with van der Waals surface area (Å²) in [7, 11) is 0. The lowest BCUT2D eigenvalue weighted by Crippen LogP contribution is -2.14. The summed E-state index contributed by atoms with van der Waals surface area (Å²) in [4.78, 5) is 12.4. The number of ether oxygens (including phenoxy) is 1. The smallest absolute Gasteiger partial charge is 0.259 e. The third-order valence-corrected chi connectivity index (χ3v) is 3.66. The van der Waals surface area contributed by atoms with Gasteiger partial charge in [-0.3, -0.25) is 4.79 Å². The molecule has 0 bridgehead atoms. The maximum absolute atomic E-state index is 12.4. The molecule has 2 aromatic rings. The van der Waals surface area contributed by atoms with Crippen LogP contribution in [-0.4, -0.2) is 12.5 Å². The minimum atomic E-state index is -0.152. The van der Waals surface area contributed by atoms with E-state index in [4.69, 9.17) is 4.74 Å². The predicted octanol–water partition coefficient (Wildman–Crippen LogP) is 4.33. The Morgan fingerprint density at radius 2 is 1.85 bits per heavy atom. The average Bonchev–Trinajstić information content (AvgIpc) is 2.47. The van der Waals surface area contributed by atoms with Gasteiger partial charge in [-0.2, -0.15) is 0 Å². The first-order chi connectivity index (χ1) is 9.72. The van der Waals surface area contributed by atoms with Crippen LogP contribution in [0.5, 0.6) is 5.75 Å². The van der Waals surface area contributed by atoms with Crippen molar-refractivity contribution in [3.05, 3.63) is 57.7 Å². The van der Waals surface area contributed by atoms with Crippen molar-refractivity contribution >= 4 is 34.2 Å². The molecule has 104 valence electrons. The lowest BCUT2D eigenvalue weighted by molar-refractivity contribution is 0.102. The van der Waals surface area contributed by atoms with Crippen molar-refractivity contribution < 1.29 is 9.53 Å². The van der Waals surface area contributed by atoms with Crippen molar-refractivity contribution in [2.24, 2.45) is 0 Å². The molecule has 2 aromatic carbocycles. The molecule has 0 aliphatic heterocycles. The van der Waals surface area contributed by atoms with E-state index in [1.165, 1.54) is 0 Å². The summed E-state index contributed by atoms with van der Waals surface area (Å²) < 4.78 is 6.62. The number of anilines is 1. The van der Waals surface area contributed by atoms with Crippen molar-refractivity contribution in [3.8, 4) is 5.75 Å². The number of hydrogen-bond acceptors (Lipinski definition) is 2. The Labute approximate surface area is 132 Å². The van der Waals surface area contributed by atoms with Crippen LogP contribution in [0.2, 0.25) is 0 Å².